The molecule has 1 saturated heterocycles. The molecule has 1 atom stereocenters. The number of methoxy groups -OCH3 is 1. The highest BCUT2D eigenvalue weighted by Crippen LogP contribution is 2.38. The molecule has 0 amide bonds. The van der Waals surface area contributed by atoms with Crippen LogP contribution in [-0.4, -0.2) is 35.2 Å². The number of hydrogen-bond donors (Lipinski definition) is 2. The number of rotatable bonds is 3. The second kappa shape index (κ2) is 4.72. The standard InChI is InChI=1S/C13H20N4O/c1-18-12-9-14-8-11(17-12)16-10-3-6-15-13(7-10)4-2-5-13/h8-10,15H,2-7H2,1H3,(H,16,17). The lowest BCUT2D eigenvalue weighted by Gasteiger charge is -2.48. The maximum Gasteiger partial charge on any atom is 0.233 e. The third kappa shape index (κ3) is 2.27. The van der Waals surface area contributed by atoms with E-state index in [1.807, 2.05) is 0 Å². The number of nitrogens with zero attached hydrogens (tertiary/aromatic N) is 2. The largest absolute Gasteiger partial charge is 0.480 e. The van der Waals surface area contributed by atoms with Crippen LogP contribution in [0.3, 0.4) is 0 Å². The molecule has 2 heterocycles. The van der Waals surface area contributed by atoms with Crippen LogP contribution in [0.1, 0.15) is 32.1 Å². The van der Waals surface area contributed by atoms with Crippen molar-refractivity contribution in [1.82, 2.24) is 15.3 Å². The molecular formula is C13H20N4O. The minimum absolute atomic E-state index is 0.405. The molecular weight excluding hydrogens is 228 g/mol. The summed E-state index contributed by atoms with van der Waals surface area (Å²) < 4.78 is 5.09. The quantitative estimate of drug-likeness (QED) is 0.850. The van der Waals surface area contributed by atoms with E-state index in [-0.39, 0.29) is 0 Å². The smallest absolute Gasteiger partial charge is 0.233 e. The van der Waals surface area contributed by atoms with Crippen molar-refractivity contribution >= 4 is 5.82 Å². The molecule has 0 bridgehead atoms. The van der Waals surface area contributed by atoms with E-state index in [2.05, 4.69) is 20.6 Å². The van der Waals surface area contributed by atoms with E-state index >= 15 is 0 Å². The summed E-state index contributed by atoms with van der Waals surface area (Å²) in [5.41, 5.74) is 0.405. The molecule has 1 saturated carbocycles. The Morgan fingerprint density at radius 2 is 2.33 bits per heavy atom. The predicted octanol–water partition coefficient (Wildman–Crippen LogP) is 1.57. The van der Waals surface area contributed by atoms with Gasteiger partial charge in [-0.05, 0) is 38.6 Å². The Balaban J connectivity index is 1.64. The number of anilines is 1. The Labute approximate surface area is 107 Å². The van der Waals surface area contributed by atoms with Gasteiger partial charge in [-0.15, -0.1) is 0 Å². The molecule has 0 radical (unpaired) electrons. The number of ether oxygens (including phenoxy) is 1. The molecule has 18 heavy (non-hydrogen) atoms. The fourth-order valence-electron chi connectivity index (χ4n) is 2.99. The summed E-state index contributed by atoms with van der Waals surface area (Å²) in [6, 6.07) is 0.493. The van der Waals surface area contributed by atoms with Crippen LogP contribution >= 0.6 is 0 Å². The Morgan fingerprint density at radius 3 is 3.06 bits per heavy atom. The van der Waals surface area contributed by atoms with Crippen molar-refractivity contribution in [1.29, 1.82) is 0 Å². The maximum absolute atomic E-state index is 5.09. The third-order valence-corrected chi connectivity index (χ3v) is 4.11. The van der Waals surface area contributed by atoms with Crippen LogP contribution in [-0.2, 0) is 0 Å². The van der Waals surface area contributed by atoms with Gasteiger partial charge >= 0.3 is 0 Å². The number of aromatic nitrogens is 2. The van der Waals surface area contributed by atoms with Crippen molar-refractivity contribution in [2.75, 3.05) is 19.0 Å². The molecule has 1 aliphatic carbocycles. The zero-order valence-electron chi connectivity index (χ0n) is 10.8. The van der Waals surface area contributed by atoms with Crippen LogP contribution in [0.4, 0.5) is 5.82 Å². The van der Waals surface area contributed by atoms with Crippen molar-refractivity contribution < 1.29 is 4.74 Å². The Bertz CT molecular complexity index is 419. The molecule has 1 spiro atoms. The molecule has 2 N–H and O–H groups in total. The molecule has 1 aromatic rings. The van der Waals surface area contributed by atoms with E-state index in [4.69, 9.17) is 4.74 Å². The van der Waals surface area contributed by atoms with Crippen LogP contribution in [0.25, 0.3) is 0 Å². The van der Waals surface area contributed by atoms with Gasteiger partial charge in [0.2, 0.25) is 5.88 Å². The minimum Gasteiger partial charge on any atom is -0.480 e. The summed E-state index contributed by atoms with van der Waals surface area (Å²) in [5.74, 6) is 1.38. The number of piperidine rings is 1. The first-order valence-electron chi connectivity index (χ1n) is 6.67. The molecule has 98 valence electrons. The van der Waals surface area contributed by atoms with E-state index in [9.17, 15) is 0 Å². The maximum atomic E-state index is 5.09. The van der Waals surface area contributed by atoms with E-state index in [0.29, 0.717) is 17.5 Å². The molecule has 0 aromatic carbocycles. The highest BCUT2D eigenvalue weighted by molar-refractivity contribution is 5.35. The lowest BCUT2D eigenvalue weighted by atomic mass is 9.70. The average Bonchev–Trinajstić information content (AvgIpc) is 2.37. The van der Waals surface area contributed by atoms with E-state index in [1.165, 1.54) is 25.7 Å². The fourth-order valence-corrected chi connectivity index (χ4v) is 2.99. The van der Waals surface area contributed by atoms with Gasteiger partial charge < -0.3 is 15.4 Å². The van der Waals surface area contributed by atoms with Crippen molar-refractivity contribution in [2.45, 2.75) is 43.7 Å². The van der Waals surface area contributed by atoms with E-state index in [1.54, 1.807) is 19.5 Å². The average molecular weight is 248 g/mol. The lowest BCUT2D eigenvalue weighted by Crippen LogP contribution is -2.58. The van der Waals surface area contributed by atoms with Crippen molar-refractivity contribution in [3.8, 4) is 5.88 Å². The monoisotopic (exact) mass is 248 g/mol. The van der Waals surface area contributed by atoms with Gasteiger partial charge in [-0.3, -0.25) is 4.98 Å². The van der Waals surface area contributed by atoms with Crippen LogP contribution in [0.5, 0.6) is 5.88 Å². The van der Waals surface area contributed by atoms with Gasteiger partial charge in [0, 0.05) is 11.6 Å². The van der Waals surface area contributed by atoms with Crippen LogP contribution in [0, 0.1) is 0 Å². The number of hydrogen-bond acceptors (Lipinski definition) is 5. The van der Waals surface area contributed by atoms with Crippen molar-refractivity contribution in [3.63, 3.8) is 0 Å². The fraction of sp³-hybridized carbons (Fsp3) is 0.692. The van der Waals surface area contributed by atoms with Crippen LogP contribution < -0.4 is 15.4 Å². The first kappa shape index (κ1) is 11.7. The van der Waals surface area contributed by atoms with Crippen molar-refractivity contribution in [3.05, 3.63) is 12.4 Å². The Kier molecular flexibility index (Phi) is 3.07. The van der Waals surface area contributed by atoms with Gasteiger partial charge in [0.15, 0.2) is 0 Å². The van der Waals surface area contributed by atoms with E-state index < -0.39 is 0 Å². The second-order valence-corrected chi connectivity index (χ2v) is 5.34. The summed E-state index contributed by atoms with van der Waals surface area (Å²) in [6.45, 7) is 1.09. The minimum atomic E-state index is 0.405. The Hall–Kier alpha value is -1.36. The van der Waals surface area contributed by atoms with Gasteiger partial charge in [0.1, 0.15) is 5.82 Å². The highest BCUT2D eigenvalue weighted by atomic mass is 16.5. The SMILES string of the molecule is COc1cncc(NC2CCNC3(CCC3)C2)n1. The van der Waals surface area contributed by atoms with Gasteiger partial charge in [0.25, 0.3) is 0 Å². The van der Waals surface area contributed by atoms with Gasteiger partial charge in [-0.1, -0.05) is 0 Å². The summed E-state index contributed by atoms with van der Waals surface area (Å²) in [6.07, 6.45) is 9.70. The van der Waals surface area contributed by atoms with Gasteiger partial charge in [0.05, 0.1) is 19.5 Å². The summed E-state index contributed by atoms with van der Waals surface area (Å²) >= 11 is 0. The molecule has 1 unspecified atom stereocenters. The van der Waals surface area contributed by atoms with Gasteiger partial charge in [-0.25, -0.2) is 0 Å². The normalized spacial score (nSPS) is 25.5. The zero-order valence-corrected chi connectivity index (χ0v) is 10.8. The highest BCUT2D eigenvalue weighted by Gasteiger charge is 2.40. The Morgan fingerprint density at radius 1 is 1.44 bits per heavy atom. The topological polar surface area (TPSA) is 59.1 Å². The summed E-state index contributed by atoms with van der Waals surface area (Å²) in [4.78, 5) is 8.49. The zero-order chi connectivity index (χ0) is 12.4. The molecule has 5 nitrogen and oxygen atoms in total. The van der Waals surface area contributed by atoms with Crippen LogP contribution in [0.2, 0.25) is 0 Å². The molecule has 5 heteroatoms. The molecule has 1 aromatic heterocycles. The molecule has 2 aliphatic rings. The molecule has 1 aliphatic heterocycles. The molecule has 3 rings (SSSR count). The third-order valence-electron chi connectivity index (χ3n) is 4.11. The summed E-state index contributed by atoms with van der Waals surface area (Å²) in [7, 11) is 1.61. The predicted molar refractivity (Wildman–Crippen MR) is 69.8 cm³/mol. The van der Waals surface area contributed by atoms with E-state index in [0.717, 1.165) is 18.8 Å². The number of nitrogens with one attached hydrogen (secondary N) is 2. The first-order valence-corrected chi connectivity index (χ1v) is 6.67. The first-order chi connectivity index (χ1) is 8.80. The van der Waals surface area contributed by atoms with Crippen molar-refractivity contribution in [2.24, 2.45) is 0 Å². The van der Waals surface area contributed by atoms with Gasteiger partial charge in [-0.2, -0.15) is 4.98 Å². The van der Waals surface area contributed by atoms with Crippen LogP contribution in [0.15, 0.2) is 12.4 Å². The molecule has 2 fully saturated rings. The summed E-state index contributed by atoms with van der Waals surface area (Å²) in [5, 5.41) is 7.15. The lowest BCUT2D eigenvalue weighted by molar-refractivity contribution is 0.135. The second-order valence-electron chi connectivity index (χ2n) is 5.34.